The van der Waals surface area contributed by atoms with Gasteiger partial charge in [-0.1, -0.05) is 12.1 Å². The molecule has 0 amide bonds. The molecule has 0 fully saturated rings. The SMILES string of the molecule is COc1nc2nc(S(=O)(=O)Nc3ccccc3C(F)(F)F)nn2cc1C. The van der Waals surface area contributed by atoms with E-state index in [0.29, 0.717) is 5.56 Å². The van der Waals surface area contributed by atoms with Gasteiger partial charge in [-0.05, 0) is 19.1 Å². The number of hydrogen-bond donors (Lipinski definition) is 1. The van der Waals surface area contributed by atoms with Gasteiger partial charge in [0.05, 0.1) is 18.4 Å². The normalized spacial score (nSPS) is 12.3. The molecule has 138 valence electrons. The lowest BCUT2D eigenvalue weighted by Gasteiger charge is -2.13. The van der Waals surface area contributed by atoms with Crippen LogP contribution in [0, 0.1) is 6.92 Å². The number of anilines is 1. The number of ether oxygens (including phenoxy) is 1. The average Bonchev–Trinajstić information content (AvgIpc) is 2.96. The Labute approximate surface area is 145 Å². The number of nitrogens with one attached hydrogen (secondary N) is 1. The molecule has 3 rings (SSSR count). The van der Waals surface area contributed by atoms with E-state index in [1.165, 1.54) is 19.4 Å². The second-order valence-corrected chi connectivity index (χ2v) is 6.80. The van der Waals surface area contributed by atoms with Crippen LogP contribution in [0.15, 0.2) is 35.6 Å². The zero-order chi connectivity index (χ0) is 19.1. The van der Waals surface area contributed by atoms with E-state index in [9.17, 15) is 21.6 Å². The second kappa shape index (κ2) is 6.12. The van der Waals surface area contributed by atoms with Crippen LogP contribution in [0.5, 0.6) is 5.88 Å². The van der Waals surface area contributed by atoms with Crippen molar-refractivity contribution in [3.63, 3.8) is 0 Å². The Hall–Kier alpha value is -2.89. The maximum Gasteiger partial charge on any atom is 0.418 e. The van der Waals surface area contributed by atoms with Gasteiger partial charge in [-0.3, -0.25) is 4.72 Å². The van der Waals surface area contributed by atoms with Crippen LogP contribution in [0.1, 0.15) is 11.1 Å². The minimum absolute atomic E-state index is 0.0723. The number of alkyl halides is 3. The van der Waals surface area contributed by atoms with Crippen molar-refractivity contribution in [1.82, 2.24) is 19.6 Å². The Morgan fingerprint density at radius 2 is 1.88 bits per heavy atom. The fraction of sp³-hybridized carbons (Fsp3) is 0.214. The van der Waals surface area contributed by atoms with Gasteiger partial charge in [0.25, 0.3) is 21.0 Å². The number of para-hydroxylation sites is 1. The van der Waals surface area contributed by atoms with E-state index in [4.69, 9.17) is 4.74 Å². The van der Waals surface area contributed by atoms with Crippen LogP contribution < -0.4 is 9.46 Å². The molecule has 3 aromatic rings. The third kappa shape index (κ3) is 3.27. The molecule has 12 heteroatoms. The zero-order valence-corrected chi connectivity index (χ0v) is 14.3. The number of fused-ring (bicyclic) bond motifs is 1. The summed E-state index contributed by atoms with van der Waals surface area (Å²) < 4.78 is 71.9. The first-order valence-electron chi connectivity index (χ1n) is 7.09. The predicted molar refractivity (Wildman–Crippen MR) is 84.3 cm³/mol. The summed E-state index contributed by atoms with van der Waals surface area (Å²) in [6.45, 7) is 1.67. The highest BCUT2D eigenvalue weighted by molar-refractivity contribution is 7.92. The number of halogens is 3. The average molecular weight is 387 g/mol. The zero-order valence-electron chi connectivity index (χ0n) is 13.4. The molecule has 1 aromatic carbocycles. The molecule has 2 heterocycles. The van der Waals surface area contributed by atoms with Crippen molar-refractivity contribution in [3.05, 3.63) is 41.6 Å². The first-order chi connectivity index (χ1) is 12.1. The van der Waals surface area contributed by atoms with Crippen LogP contribution in [-0.4, -0.2) is 35.1 Å². The van der Waals surface area contributed by atoms with E-state index in [1.54, 1.807) is 6.92 Å². The lowest BCUT2D eigenvalue weighted by atomic mass is 10.2. The Kier molecular flexibility index (Phi) is 4.22. The molecule has 0 radical (unpaired) electrons. The molecule has 2 aromatic heterocycles. The molecule has 0 aliphatic carbocycles. The number of aromatic nitrogens is 4. The molecule has 26 heavy (non-hydrogen) atoms. The van der Waals surface area contributed by atoms with Gasteiger partial charge in [0.1, 0.15) is 0 Å². The maximum atomic E-state index is 13.0. The molecular weight excluding hydrogens is 375 g/mol. The van der Waals surface area contributed by atoms with Crippen molar-refractivity contribution >= 4 is 21.5 Å². The lowest BCUT2D eigenvalue weighted by molar-refractivity contribution is -0.136. The molecule has 0 spiro atoms. The molecule has 1 N–H and O–H groups in total. The number of aryl methyl sites for hydroxylation is 1. The van der Waals surface area contributed by atoms with Crippen molar-refractivity contribution in [2.24, 2.45) is 0 Å². The minimum atomic E-state index is -4.72. The summed E-state index contributed by atoms with van der Waals surface area (Å²) in [5, 5.41) is 3.05. The summed E-state index contributed by atoms with van der Waals surface area (Å²) in [6, 6.07) is 4.20. The number of rotatable bonds is 4. The summed E-state index contributed by atoms with van der Waals surface area (Å²) in [5.41, 5.74) is -1.17. The number of benzene rings is 1. The number of methoxy groups -OCH3 is 1. The highest BCUT2D eigenvalue weighted by atomic mass is 32.2. The fourth-order valence-electron chi connectivity index (χ4n) is 2.21. The van der Waals surface area contributed by atoms with Gasteiger partial charge in [-0.15, -0.1) is 5.10 Å². The van der Waals surface area contributed by atoms with Gasteiger partial charge >= 0.3 is 6.18 Å². The third-order valence-electron chi connectivity index (χ3n) is 3.36. The summed E-state index contributed by atoms with van der Waals surface area (Å²) in [7, 11) is -3.08. The molecular formula is C14H12F3N5O3S. The van der Waals surface area contributed by atoms with Crippen molar-refractivity contribution in [3.8, 4) is 5.88 Å². The number of nitrogens with zero attached hydrogens (tertiary/aromatic N) is 4. The fourth-order valence-corrected chi connectivity index (χ4v) is 3.16. The molecule has 0 saturated heterocycles. The van der Waals surface area contributed by atoms with E-state index in [2.05, 4.69) is 15.1 Å². The van der Waals surface area contributed by atoms with Crippen LogP contribution in [0.2, 0.25) is 0 Å². The Morgan fingerprint density at radius 3 is 2.54 bits per heavy atom. The van der Waals surface area contributed by atoms with E-state index in [0.717, 1.165) is 22.7 Å². The topological polar surface area (TPSA) is 98.5 Å². The van der Waals surface area contributed by atoms with E-state index in [1.807, 2.05) is 4.72 Å². The lowest BCUT2D eigenvalue weighted by Crippen LogP contribution is -2.18. The summed E-state index contributed by atoms with van der Waals surface area (Å²) in [6.07, 6.45) is -3.28. The standard InChI is InChI=1S/C14H12F3N5O3S/c1-8-7-22-12(18-11(8)25-2)19-13(20-22)26(23,24)21-10-6-4-3-5-9(10)14(15,16)17/h3-7,21H,1-2H3. The highest BCUT2D eigenvalue weighted by Gasteiger charge is 2.35. The molecule has 0 aliphatic heterocycles. The maximum absolute atomic E-state index is 13.0. The van der Waals surface area contributed by atoms with Crippen molar-refractivity contribution in [2.45, 2.75) is 18.3 Å². The molecule has 0 atom stereocenters. The Balaban J connectivity index is 2.03. The van der Waals surface area contributed by atoms with Crippen LogP contribution >= 0.6 is 0 Å². The van der Waals surface area contributed by atoms with Gasteiger partial charge in [-0.25, -0.2) is 4.52 Å². The van der Waals surface area contributed by atoms with Gasteiger partial charge in [0.15, 0.2) is 0 Å². The molecule has 0 bridgehead atoms. The molecule has 8 nitrogen and oxygen atoms in total. The third-order valence-corrected chi connectivity index (χ3v) is 4.50. The first-order valence-corrected chi connectivity index (χ1v) is 8.57. The van der Waals surface area contributed by atoms with Crippen LogP contribution in [0.25, 0.3) is 5.78 Å². The Morgan fingerprint density at radius 1 is 1.19 bits per heavy atom. The van der Waals surface area contributed by atoms with E-state index < -0.39 is 32.6 Å². The monoisotopic (exact) mass is 387 g/mol. The second-order valence-electron chi connectivity index (χ2n) is 5.22. The smallest absolute Gasteiger partial charge is 0.418 e. The molecule has 0 saturated carbocycles. The first kappa shape index (κ1) is 17.9. The predicted octanol–water partition coefficient (Wildman–Crippen LogP) is 2.26. The number of hydrogen-bond acceptors (Lipinski definition) is 6. The summed E-state index contributed by atoms with van der Waals surface area (Å²) in [4.78, 5) is 7.74. The van der Waals surface area contributed by atoms with Gasteiger partial charge < -0.3 is 4.74 Å². The Bertz CT molecular complexity index is 1080. The van der Waals surface area contributed by atoms with Gasteiger partial charge in [0.2, 0.25) is 5.88 Å². The van der Waals surface area contributed by atoms with Crippen molar-refractivity contribution in [1.29, 1.82) is 0 Å². The van der Waals surface area contributed by atoms with Crippen LogP contribution in [0.3, 0.4) is 0 Å². The molecule has 0 unspecified atom stereocenters. The van der Waals surface area contributed by atoms with Gasteiger partial charge in [0, 0.05) is 11.8 Å². The minimum Gasteiger partial charge on any atom is -0.481 e. The summed E-state index contributed by atoms with van der Waals surface area (Å²) in [5.74, 6) is 0.154. The molecule has 0 aliphatic rings. The van der Waals surface area contributed by atoms with Gasteiger partial charge in [-0.2, -0.15) is 31.6 Å². The van der Waals surface area contributed by atoms with Crippen molar-refractivity contribution in [2.75, 3.05) is 11.8 Å². The van der Waals surface area contributed by atoms with Crippen molar-refractivity contribution < 1.29 is 26.3 Å². The van der Waals surface area contributed by atoms with E-state index in [-0.39, 0.29) is 11.7 Å². The van der Waals surface area contributed by atoms with E-state index >= 15 is 0 Å². The summed E-state index contributed by atoms with van der Waals surface area (Å²) >= 11 is 0. The highest BCUT2D eigenvalue weighted by Crippen LogP contribution is 2.35. The van der Waals surface area contributed by atoms with Crippen LogP contribution in [-0.2, 0) is 16.2 Å². The largest absolute Gasteiger partial charge is 0.481 e. The van der Waals surface area contributed by atoms with Crippen LogP contribution in [0.4, 0.5) is 18.9 Å². The number of sulfonamides is 1. The quantitative estimate of drug-likeness (QED) is 0.737.